The van der Waals surface area contributed by atoms with E-state index in [0.717, 1.165) is 59.1 Å². The summed E-state index contributed by atoms with van der Waals surface area (Å²) in [6.45, 7) is 11.2. The number of thioether (sulfide) groups is 1. The summed E-state index contributed by atoms with van der Waals surface area (Å²) in [6, 6.07) is 68.6. The van der Waals surface area contributed by atoms with E-state index in [1.165, 1.54) is 24.3 Å². The largest absolute Gasteiger partial charge is 0.379 e. The van der Waals surface area contributed by atoms with Crippen molar-refractivity contribution in [3.63, 3.8) is 0 Å². The van der Waals surface area contributed by atoms with Crippen LogP contribution in [0.4, 0.5) is 10.5 Å². The number of nitrogens with zero attached hydrogens (tertiary/aromatic N) is 2. The van der Waals surface area contributed by atoms with E-state index in [0.29, 0.717) is 77.8 Å². The first-order valence-electron chi connectivity index (χ1n) is 47.4. The molecule has 726 valence electrons. The maximum atomic E-state index is 16.0. The van der Waals surface area contributed by atoms with Gasteiger partial charge >= 0.3 is 12.0 Å². The van der Waals surface area contributed by atoms with E-state index in [-0.39, 0.29) is 87.7 Å². The highest BCUT2D eigenvalue weighted by molar-refractivity contribution is 7.98. The van der Waals surface area contributed by atoms with Crippen LogP contribution >= 0.6 is 11.8 Å². The number of hydrogen-bond acceptors (Lipinski definition) is 20. The summed E-state index contributed by atoms with van der Waals surface area (Å²) in [5.74, 6) is -10.7. The van der Waals surface area contributed by atoms with Gasteiger partial charge in [-0.05, 0) is 158 Å². The SMILES string of the molecule is CCC(C)[C@H](NC(=O)[C@@H](CC(=O)[C@H](Cc1ccc(CCc2ccccc2)cc1)NC(=O)[C@H](CNC(=O)NCC(=O)[C@@H](C)CCSC)CC(=O)[C@@H](NC(=O)[C@H](COCc1ccccc1)CC(=O)[C@H](Cc1ccc(CCc2ccccc2)cc1)NC(=O)COCCOCCCC(=O)[C@@H](C)CC)C(C)OCc1ccccc1)Cc1ccccc1)C(=O)O/N=C(/c1ccc(C)cc1)c1ccc([N+](=O)[O-])cc1. The van der Waals surface area contributed by atoms with Crippen molar-refractivity contribution in [2.75, 3.05) is 58.1 Å². The maximum absolute atomic E-state index is 16.0. The van der Waals surface area contributed by atoms with Gasteiger partial charge in [0.15, 0.2) is 23.1 Å². The van der Waals surface area contributed by atoms with Gasteiger partial charge in [0.1, 0.15) is 30.2 Å². The van der Waals surface area contributed by atoms with Gasteiger partial charge in [-0.15, -0.1) is 0 Å². The fourth-order valence-electron chi connectivity index (χ4n) is 15.4. The molecule has 0 saturated carbocycles. The highest BCUT2D eigenvalue weighted by Crippen LogP contribution is 2.26. The molecule has 27 heteroatoms. The van der Waals surface area contributed by atoms with E-state index in [4.69, 9.17) is 23.8 Å². The highest BCUT2D eigenvalue weighted by atomic mass is 32.2. The quantitative estimate of drug-likeness (QED) is 0.00678. The molecule has 0 fully saturated rings. The van der Waals surface area contributed by atoms with Crippen molar-refractivity contribution in [1.82, 2.24) is 31.9 Å². The average Bonchev–Trinajstić information content (AvgIpc) is 0.871. The Morgan fingerprint density at radius 2 is 0.898 bits per heavy atom. The van der Waals surface area contributed by atoms with Crippen molar-refractivity contribution >= 4 is 87.7 Å². The van der Waals surface area contributed by atoms with E-state index in [2.05, 4.69) is 49.2 Å². The molecule has 6 amide bonds. The van der Waals surface area contributed by atoms with Gasteiger partial charge in [0.25, 0.3) is 5.69 Å². The molecular weight excluding hydrogens is 1750 g/mol. The number of amides is 6. The topological polar surface area (TPSA) is 362 Å². The van der Waals surface area contributed by atoms with Crippen molar-refractivity contribution in [2.24, 2.45) is 40.7 Å². The third-order valence-electron chi connectivity index (χ3n) is 24.5. The van der Waals surface area contributed by atoms with E-state index in [1.54, 1.807) is 87.1 Å². The number of carbonyl (C=O) groups is 11. The number of nitro groups is 1. The van der Waals surface area contributed by atoms with E-state index in [9.17, 15) is 34.1 Å². The molecule has 0 aliphatic rings. The van der Waals surface area contributed by atoms with Crippen LogP contribution < -0.4 is 31.9 Å². The Balaban J connectivity index is 1.05. The number of urea groups is 1. The lowest BCUT2D eigenvalue weighted by Gasteiger charge is -2.29. The minimum Gasteiger partial charge on any atom is -0.379 e. The predicted octanol–water partition coefficient (Wildman–Crippen LogP) is 15.7. The fourth-order valence-corrected chi connectivity index (χ4v) is 16.0. The third-order valence-corrected chi connectivity index (χ3v) is 25.2. The van der Waals surface area contributed by atoms with E-state index < -0.39 is 150 Å². The Labute approximate surface area is 809 Å². The molecule has 0 heterocycles. The zero-order chi connectivity index (χ0) is 98.2. The van der Waals surface area contributed by atoms with Crippen LogP contribution in [0.5, 0.6) is 0 Å². The second-order valence-corrected chi connectivity index (χ2v) is 36.1. The number of rotatable bonds is 62. The second kappa shape index (κ2) is 58.6. The summed E-state index contributed by atoms with van der Waals surface area (Å²) in [4.78, 5) is 180. The predicted molar refractivity (Wildman–Crippen MR) is 531 cm³/mol. The maximum Gasteiger partial charge on any atom is 0.357 e. The molecule has 0 aromatic heterocycles. The smallest absolute Gasteiger partial charge is 0.357 e. The molecule has 11 atom stereocenters. The van der Waals surface area contributed by atoms with Crippen LogP contribution in [0.25, 0.3) is 0 Å². The molecule has 9 rings (SSSR count). The van der Waals surface area contributed by atoms with Crippen molar-refractivity contribution in [1.29, 1.82) is 0 Å². The first-order valence-corrected chi connectivity index (χ1v) is 48.8. The van der Waals surface area contributed by atoms with Crippen molar-refractivity contribution in [3.8, 4) is 0 Å². The Hall–Kier alpha value is -12.8. The van der Waals surface area contributed by atoms with Gasteiger partial charge in [0.2, 0.25) is 23.6 Å². The number of carbonyl (C=O) groups excluding carboxylic acids is 11. The van der Waals surface area contributed by atoms with Crippen LogP contribution in [-0.2, 0) is 130 Å². The molecule has 0 saturated heterocycles. The Kier molecular flexibility index (Phi) is 46.1. The summed E-state index contributed by atoms with van der Waals surface area (Å²) in [5.41, 5.74) is 9.49. The number of ketones is 5. The molecule has 2 unspecified atom stereocenters. The van der Waals surface area contributed by atoms with Crippen molar-refractivity contribution < 1.29 is 81.4 Å². The highest BCUT2D eigenvalue weighted by Gasteiger charge is 2.39. The summed E-state index contributed by atoms with van der Waals surface area (Å²) in [5, 5.41) is 33.1. The first kappa shape index (κ1) is 108. The molecule has 0 bridgehead atoms. The molecule has 137 heavy (non-hydrogen) atoms. The van der Waals surface area contributed by atoms with Crippen LogP contribution in [0.1, 0.15) is 160 Å². The molecule has 9 aromatic rings. The van der Waals surface area contributed by atoms with Gasteiger partial charge in [-0.25, -0.2) is 9.59 Å². The molecular formula is C110H132N8O18S. The van der Waals surface area contributed by atoms with Gasteiger partial charge in [0, 0.05) is 79.8 Å². The molecule has 9 aromatic carbocycles. The summed E-state index contributed by atoms with van der Waals surface area (Å²) < 4.78 is 24.3. The lowest BCUT2D eigenvalue weighted by atomic mass is 9.88. The van der Waals surface area contributed by atoms with Crippen LogP contribution in [-0.4, -0.2) is 164 Å². The molecule has 0 aliphatic carbocycles. The lowest BCUT2D eigenvalue weighted by molar-refractivity contribution is -0.384. The third kappa shape index (κ3) is 38.0. The normalized spacial score (nSPS) is 13.8. The van der Waals surface area contributed by atoms with Crippen LogP contribution in [0.3, 0.4) is 0 Å². The minimum atomic E-state index is -1.63. The zero-order valence-electron chi connectivity index (χ0n) is 79.9. The average molecular weight is 1890 g/mol. The molecule has 26 nitrogen and oxygen atoms in total. The first-order chi connectivity index (χ1) is 66.2. The van der Waals surface area contributed by atoms with Gasteiger partial charge in [-0.1, -0.05) is 276 Å². The number of Topliss-reactive ketones (excluding diaryl/α,β-unsaturated/α-hetero) is 5. The Bertz CT molecular complexity index is 5330. The van der Waals surface area contributed by atoms with Crippen LogP contribution in [0.15, 0.2) is 254 Å². The number of aryl methyl sites for hydroxylation is 5. The number of hydrogen-bond donors (Lipinski definition) is 6. The molecule has 6 N–H and O–H groups in total. The van der Waals surface area contributed by atoms with Crippen LogP contribution in [0, 0.1) is 52.5 Å². The number of nitro benzene ring substituents is 1. The van der Waals surface area contributed by atoms with E-state index >= 15 is 28.8 Å². The Morgan fingerprint density at radius 3 is 1.43 bits per heavy atom. The fraction of sp³-hybridized carbons (Fsp3) is 0.400. The number of non-ortho nitro benzene ring substituents is 1. The number of nitrogens with one attached hydrogen (secondary N) is 6. The zero-order valence-corrected chi connectivity index (χ0v) is 80.7. The molecule has 0 spiro atoms. The van der Waals surface area contributed by atoms with Crippen molar-refractivity contribution in [3.05, 3.63) is 326 Å². The summed E-state index contributed by atoms with van der Waals surface area (Å²) in [7, 11) is 0. The van der Waals surface area contributed by atoms with E-state index in [1.807, 2.05) is 192 Å². The van der Waals surface area contributed by atoms with Gasteiger partial charge in [0.05, 0.1) is 74.5 Å². The van der Waals surface area contributed by atoms with Gasteiger partial charge in [-0.3, -0.25) is 53.3 Å². The monoisotopic (exact) mass is 1880 g/mol. The summed E-state index contributed by atoms with van der Waals surface area (Å²) in [6.07, 6.45) is 4.12. The number of ether oxygens (including phenoxy) is 4. The number of oxime groups is 1. The minimum absolute atomic E-state index is 0.00320. The molecule has 0 aliphatic heterocycles. The Morgan fingerprint density at radius 1 is 0.438 bits per heavy atom. The summed E-state index contributed by atoms with van der Waals surface area (Å²) >= 11 is 1.57. The molecule has 0 radical (unpaired) electrons. The van der Waals surface area contributed by atoms with Crippen molar-refractivity contribution in [2.45, 2.75) is 188 Å². The lowest BCUT2D eigenvalue weighted by Crippen LogP contribution is -2.54. The standard InChI is InChI=1S/C110H132N8O18S/c1-9-76(4)97(119)37-26-59-132-60-61-133-74-102(124)113-95(64-85-48-44-82(45-49-85)42-40-80-27-16-11-17-28-80)99(121)68-93(73-134-71-87-33-22-14-23-34-87)108(127)116-104(79(7)135-72-88-35-24-15-25-36-88)100(122)67-92(69-111-110(129)112-70-101(123)78(6)58-62-137-8)107(126)114-96(65-86-50-46-83(47-51-86)43-41-81-29-18-12-19-30-81)98(120)66-91(63-84-31-20-13-21-32-84)106(125)115-103(77(5)10-2)109(128)136-117-105(89-52-38-75(3)39-53-89)90-54-56-94(57-55-90)118(130)131/h11-25,27-36,38-39,44-57,76-79,91-93,95-96,103-104H,9-10,26,37,40-43,58-74H2,1-8H3,(H,113,124)(H,114,126)(H,115,125)(H,116,127)(H2,111,112,129)/b117-105-/t76-,77?,78-,79?,91+,92-,93-,95-,96-,103-,104-/m0/s1. The van der Waals surface area contributed by atoms with Gasteiger partial charge < -0.3 is 55.7 Å². The van der Waals surface area contributed by atoms with Crippen LogP contribution in [0.2, 0.25) is 0 Å². The van der Waals surface area contributed by atoms with Gasteiger partial charge in [-0.2, -0.15) is 11.8 Å². The number of benzene rings is 9. The second-order valence-electron chi connectivity index (χ2n) is 35.1.